The molecule has 138 valence electrons. The van der Waals surface area contributed by atoms with Crippen LogP contribution in [0.5, 0.6) is 17.2 Å². The maximum atomic E-state index is 12.7. The molecule has 2 aromatic rings. The van der Waals surface area contributed by atoms with E-state index in [4.69, 9.17) is 14.2 Å². The first-order valence-corrected chi connectivity index (χ1v) is 8.77. The molecule has 0 spiro atoms. The van der Waals surface area contributed by atoms with Crippen molar-refractivity contribution < 1.29 is 19.0 Å². The fourth-order valence-electron chi connectivity index (χ4n) is 3.13. The van der Waals surface area contributed by atoms with E-state index in [1.165, 1.54) is 0 Å². The van der Waals surface area contributed by atoms with Crippen LogP contribution in [0.3, 0.4) is 0 Å². The van der Waals surface area contributed by atoms with Gasteiger partial charge in [0.1, 0.15) is 22.8 Å². The maximum Gasteiger partial charge on any atom is 0.261 e. The van der Waals surface area contributed by atoms with E-state index in [0.29, 0.717) is 12.2 Å². The molecule has 26 heavy (non-hydrogen) atoms. The van der Waals surface area contributed by atoms with Crippen molar-refractivity contribution >= 4 is 5.91 Å². The Bertz CT molecular complexity index is 773. The van der Waals surface area contributed by atoms with Gasteiger partial charge in [-0.05, 0) is 45.0 Å². The SMILES string of the molecule is COc1ccc2c(c1)OC(C)(C)C[C@H]2NC(=O)[C@H](C)Oc1ccccc1. The smallest absolute Gasteiger partial charge is 0.261 e. The average Bonchev–Trinajstić information content (AvgIpc) is 2.61. The van der Waals surface area contributed by atoms with E-state index in [1.54, 1.807) is 14.0 Å². The summed E-state index contributed by atoms with van der Waals surface area (Å²) in [7, 11) is 1.62. The summed E-state index contributed by atoms with van der Waals surface area (Å²) in [6.07, 6.45) is 0.0842. The number of carbonyl (C=O) groups excluding carboxylic acids is 1. The fraction of sp³-hybridized carbons (Fsp3) is 0.381. The molecule has 1 amide bonds. The van der Waals surface area contributed by atoms with Crippen molar-refractivity contribution in [3.63, 3.8) is 0 Å². The number of hydrogen-bond donors (Lipinski definition) is 1. The summed E-state index contributed by atoms with van der Waals surface area (Å²) >= 11 is 0. The van der Waals surface area contributed by atoms with Crippen molar-refractivity contribution in [2.24, 2.45) is 0 Å². The lowest BCUT2D eigenvalue weighted by Crippen LogP contribution is -2.44. The van der Waals surface area contributed by atoms with E-state index in [0.717, 1.165) is 17.1 Å². The van der Waals surface area contributed by atoms with Gasteiger partial charge in [-0.25, -0.2) is 0 Å². The number of hydrogen-bond acceptors (Lipinski definition) is 4. The highest BCUT2D eigenvalue weighted by Crippen LogP contribution is 2.41. The number of benzene rings is 2. The summed E-state index contributed by atoms with van der Waals surface area (Å²) in [6, 6.07) is 14.9. The van der Waals surface area contributed by atoms with E-state index < -0.39 is 6.10 Å². The van der Waals surface area contributed by atoms with Crippen LogP contribution in [0, 0.1) is 0 Å². The average molecular weight is 355 g/mol. The minimum absolute atomic E-state index is 0.144. The highest BCUT2D eigenvalue weighted by molar-refractivity contribution is 5.81. The van der Waals surface area contributed by atoms with Gasteiger partial charge in [-0.15, -0.1) is 0 Å². The standard InChI is InChI=1S/C21H25NO4/c1-14(25-15-8-6-5-7-9-15)20(23)22-18-13-21(2,3)26-19-12-16(24-4)10-11-17(18)19/h5-12,14,18H,13H2,1-4H3,(H,22,23)/t14-,18+/m0/s1. The Kier molecular flexibility index (Phi) is 5.07. The third kappa shape index (κ3) is 4.10. The van der Waals surface area contributed by atoms with Crippen molar-refractivity contribution in [3.8, 4) is 17.2 Å². The second-order valence-electron chi connectivity index (χ2n) is 7.10. The monoisotopic (exact) mass is 355 g/mol. The summed E-state index contributed by atoms with van der Waals surface area (Å²) in [6.45, 7) is 5.78. The molecule has 0 saturated heterocycles. The third-order valence-corrected chi connectivity index (χ3v) is 4.42. The molecule has 0 radical (unpaired) electrons. The number of methoxy groups -OCH3 is 1. The molecule has 1 aliphatic rings. The number of fused-ring (bicyclic) bond motifs is 1. The van der Waals surface area contributed by atoms with E-state index in [-0.39, 0.29) is 17.6 Å². The van der Waals surface area contributed by atoms with E-state index in [9.17, 15) is 4.79 Å². The largest absolute Gasteiger partial charge is 0.497 e. The number of nitrogens with one attached hydrogen (secondary N) is 1. The lowest BCUT2D eigenvalue weighted by molar-refractivity contribution is -0.128. The van der Waals surface area contributed by atoms with Crippen LogP contribution in [0.2, 0.25) is 0 Å². The first-order chi connectivity index (χ1) is 12.4. The van der Waals surface area contributed by atoms with Crippen LogP contribution in [0.25, 0.3) is 0 Å². The van der Waals surface area contributed by atoms with Crippen molar-refractivity contribution in [3.05, 3.63) is 54.1 Å². The second-order valence-corrected chi connectivity index (χ2v) is 7.10. The van der Waals surface area contributed by atoms with Crippen LogP contribution in [-0.4, -0.2) is 24.7 Å². The van der Waals surface area contributed by atoms with Crippen molar-refractivity contribution in [1.29, 1.82) is 0 Å². The molecule has 0 unspecified atom stereocenters. The minimum Gasteiger partial charge on any atom is -0.497 e. The zero-order chi connectivity index (χ0) is 18.7. The molecule has 0 fully saturated rings. The molecule has 1 heterocycles. The van der Waals surface area contributed by atoms with Crippen molar-refractivity contribution in [2.45, 2.75) is 44.9 Å². The van der Waals surface area contributed by atoms with Gasteiger partial charge in [-0.3, -0.25) is 4.79 Å². The van der Waals surface area contributed by atoms with E-state index in [1.807, 2.05) is 62.4 Å². The van der Waals surface area contributed by atoms with Crippen LogP contribution in [0.1, 0.15) is 38.8 Å². The van der Waals surface area contributed by atoms with Gasteiger partial charge in [-0.1, -0.05) is 18.2 Å². The Balaban J connectivity index is 1.75. The van der Waals surface area contributed by atoms with E-state index >= 15 is 0 Å². The molecular weight excluding hydrogens is 330 g/mol. The normalized spacial score (nSPS) is 18.8. The minimum atomic E-state index is -0.593. The Morgan fingerprint density at radius 1 is 1.19 bits per heavy atom. The third-order valence-electron chi connectivity index (χ3n) is 4.42. The molecule has 0 aromatic heterocycles. The van der Waals surface area contributed by atoms with Gasteiger partial charge >= 0.3 is 0 Å². The number of carbonyl (C=O) groups is 1. The molecule has 2 atom stereocenters. The molecule has 0 aliphatic carbocycles. The van der Waals surface area contributed by atoms with Crippen LogP contribution in [0.4, 0.5) is 0 Å². The number of amides is 1. The number of ether oxygens (including phenoxy) is 3. The molecule has 3 rings (SSSR count). The first-order valence-electron chi connectivity index (χ1n) is 8.77. The van der Waals surface area contributed by atoms with Gasteiger partial charge in [0, 0.05) is 18.1 Å². The molecule has 5 heteroatoms. The first kappa shape index (κ1) is 18.1. The topological polar surface area (TPSA) is 56.8 Å². The second kappa shape index (κ2) is 7.28. The molecule has 0 saturated carbocycles. The van der Waals surface area contributed by atoms with Gasteiger partial charge in [0.05, 0.1) is 13.2 Å². The lowest BCUT2D eigenvalue weighted by atomic mass is 9.89. The molecular formula is C21H25NO4. The highest BCUT2D eigenvalue weighted by Gasteiger charge is 2.35. The quantitative estimate of drug-likeness (QED) is 0.884. The lowest BCUT2D eigenvalue weighted by Gasteiger charge is -2.38. The van der Waals surface area contributed by atoms with Crippen LogP contribution >= 0.6 is 0 Å². The van der Waals surface area contributed by atoms with Gasteiger partial charge in [0.25, 0.3) is 5.91 Å². The van der Waals surface area contributed by atoms with Gasteiger partial charge in [0.2, 0.25) is 0 Å². The zero-order valence-electron chi connectivity index (χ0n) is 15.6. The molecule has 1 aliphatic heterocycles. The Hall–Kier alpha value is -2.69. The summed E-state index contributed by atoms with van der Waals surface area (Å²) < 4.78 is 17.1. The Labute approximate surface area is 154 Å². The van der Waals surface area contributed by atoms with Crippen LogP contribution < -0.4 is 19.5 Å². The zero-order valence-corrected chi connectivity index (χ0v) is 15.6. The summed E-state index contributed by atoms with van der Waals surface area (Å²) in [5.74, 6) is 1.99. The Morgan fingerprint density at radius 3 is 2.62 bits per heavy atom. The maximum absolute atomic E-state index is 12.7. The summed E-state index contributed by atoms with van der Waals surface area (Å²) in [4.78, 5) is 12.7. The highest BCUT2D eigenvalue weighted by atomic mass is 16.5. The predicted molar refractivity (Wildman–Crippen MR) is 99.7 cm³/mol. The molecule has 5 nitrogen and oxygen atoms in total. The van der Waals surface area contributed by atoms with Crippen molar-refractivity contribution in [1.82, 2.24) is 5.32 Å². The molecule has 0 bridgehead atoms. The van der Waals surface area contributed by atoms with Gasteiger partial charge in [-0.2, -0.15) is 0 Å². The number of rotatable bonds is 5. The number of para-hydroxylation sites is 1. The molecule has 2 aromatic carbocycles. The van der Waals surface area contributed by atoms with E-state index in [2.05, 4.69) is 5.32 Å². The Morgan fingerprint density at radius 2 is 1.92 bits per heavy atom. The summed E-state index contributed by atoms with van der Waals surface area (Å²) in [5.41, 5.74) is 0.561. The summed E-state index contributed by atoms with van der Waals surface area (Å²) in [5, 5.41) is 3.10. The predicted octanol–water partition coefficient (Wildman–Crippen LogP) is 3.88. The fourth-order valence-corrected chi connectivity index (χ4v) is 3.13. The van der Waals surface area contributed by atoms with Gasteiger partial charge < -0.3 is 19.5 Å². The van der Waals surface area contributed by atoms with Crippen LogP contribution in [0.15, 0.2) is 48.5 Å². The molecule has 1 N–H and O–H groups in total. The van der Waals surface area contributed by atoms with Crippen molar-refractivity contribution in [2.75, 3.05) is 7.11 Å². The van der Waals surface area contributed by atoms with Crippen LogP contribution in [-0.2, 0) is 4.79 Å². The van der Waals surface area contributed by atoms with Gasteiger partial charge in [0.15, 0.2) is 6.10 Å².